The molecule has 22 heavy (non-hydrogen) atoms. The van der Waals surface area contributed by atoms with Gasteiger partial charge in [0.25, 0.3) is 0 Å². The number of hydrogen-bond acceptors (Lipinski definition) is 4. The van der Waals surface area contributed by atoms with Gasteiger partial charge in [-0.2, -0.15) is 0 Å². The van der Waals surface area contributed by atoms with Crippen LogP contribution in [0.1, 0.15) is 16.5 Å². The van der Waals surface area contributed by atoms with Gasteiger partial charge in [-0.15, -0.1) is 11.3 Å². The largest absolute Gasteiger partial charge is 0.353 e. The summed E-state index contributed by atoms with van der Waals surface area (Å²) in [5.41, 5.74) is 7.08. The number of carbonyl (C=O) groups excluding carboxylic acids is 1. The molecule has 2 rings (SSSR count). The highest BCUT2D eigenvalue weighted by Crippen LogP contribution is 2.22. The number of benzene rings is 1. The van der Waals surface area contributed by atoms with Crippen LogP contribution in [0.15, 0.2) is 47.8 Å². The van der Waals surface area contributed by atoms with Gasteiger partial charge in [-0.1, -0.05) is 36.4 Å². The molecule has 0 saturated heterocycles. The fraction of sp³-hybridized carbons (Fsp3) is 0.353. The quantitative estimate of drug-likeness (QED) is 0.821. The number of amides is 1. The lowest BCUT2D eigenvalue weighted by Crippen LogP contribution is -2.44. The molecule has 1 unspecified atom stereocenters. The first-order valence-electron chi connectivity index (χ1n) is 7.35. The summed E-state index contributed by atoms with van der Waals surface area (Å²) in [7, 11) is 4.03. The number of carbonyl (C=O) groups is 1. The molecule has 0 spiro atoms. The van der Waals surface area contributed by atoms with Crippen LogP contribution in [0.25, 0.3) is 0 Å². The van der Waals surface area contributed by atoms with Gasteiger partial charge in [0.2, 0.25) is 5.91 Å². The summed E-state index contributed by atoms with van der Waals surface area (Å²) in [5.74, 6) is -0.104. The number of thiophene rings is 1. The van der Waals surface area contributed by atoms with Crippen LogP contribution in [-0.2, 0) is 11.2 Å². The Morgan fingerprint density at radius 1 is 1.23 bits per heavy atom. The van der Waals surface area contributed by atoms with Crippen molar-refractivity contribution in [3.05, 3.63) is 58.3 Å². The van der Waals surface area contributed by atoms with E-state index in [2.05, 4.69) is 21.7 Å². The van der Waals surface area contributed by atoms with Gasteiger partial charge < -0.3 is 16.0 Å². The summed E-state index contributed by atoms with van der Waals surface area (Å²) in [5, 5.41) is 5.02. The molecule has 1 aromatic carbocycles. The summed E-state index contributed by atoms with van der Waals surface area (Å²) >= 11 is 1.70. The normalized spacial score (nSPS) is 13.8. The average Bonchev–Trinajstić information content (AvgIpc) is 3.02. The Hall–Kier alpha value is -1.69. The third-order valence-electron chi connectivity index (χ3n) is 3.60. The van der Waals surface area contributed by atoms with Gasteiger partial charge >= 0.3 is 0 Å². The highest BCUT2D eigenvalue weighted by molar-refractivity contribution is 7.10. The topological polar surface area (TPSA) is 58.4 Å². The molecule has 0 aliphatic heterocycles. The Morgan fingerprint density at radius 2 is 1.95 bits per heavy atom. The fourth-order valence-corrected chi connectivity index (χ4v) is 3.23. The van der Waals surface area contributed by atoms with Crippen molar-refractivity contribution in [1.29, 1.82) is 0 Å². The van der Waals surface area contributed by atoms with Gasteiger partial charge in [-0.05, 0) is 37.5 Å². The Labute approximate surface area is 135 Å². The van der Waals surface area contributed by atoms with Gasteiger partial charge in [0, 0.05) is 11.4 Å². The van der Waals surface area contributed by atoms with Crippen LogP contribution in [0.2, 0.25) is 0 Å². The van der Waals surface area contributed by atoms with Gasteiger partial charge in [0.15, 0.2) is 0 Å². The molecule has 118 valence electrons. The van der Waals surface area contributed by atoms with Crippen LogP contribution in [0.3, 0.4) is 0 Å². The van der Waals surface area contributed by atoms with Crippen LogP contribution < -0.4 is 11.1 Å². The fourth-order valence-electron chi connectivity index (χ4n) is 2.31. The number of nitrogens with zero attached hydrogens (tertiary/aromatic N) is 1. The summed E-state index contributed by atoms with van der Waals surface area (Å²) in [4.78, 5) is 15.5. The predicted molar refractivity (Wildman–Crippen MR) is 91.9 cm³/mol. The standard InChI is InChI=1S/C17H23N3OS/c1-20(2)15(16-9-6-10-22-16)12-19-17(21)14(18)11-13-7-4-3-5-8-13/h3-10,14-15H,11-12,18H2,1-2H3,(H,19,21)/t14-,15?/m0/s1. The van der Waals surface area contributed by atoms with Crippen molar-refractivity contribution >= 4 is 17.2 Å². The van der Waals surface area contributed by atoms with E-state index in [1.807, 2.05) is 50.5 Å². The van der Waals surface area contributed by atoms with E-state index in [-0.39, 0.29) is 11.9 Å². The van der Waals surface area contributed by atoms with Gasteiger partial charge in [0.05, 0.1) is 12.1 Å². The molecule has 1 heterocycles. The van der Waals surface area contributed by atoms with E-state index in [1.54, 1.807) is 11.3 Å². The minimum atomic E-state index is -0.520. The minimum Gasteiger partial charge on any atom is -0.353 e. The van der Waals surface area contributed by atoms with Crippen molar-refractivity contribution in [2.75, 3.05) is 20.6 Å². The summed E-state index contributed by atoms with van der Waals surface area (Å²) < 4.78 is 0. The first-order valence-corrected chi connectivity index (χ1v) is 8.23. The van der Waals surface area contributed by atoms with Gasteiger partial charge in [-0.25, -0.2) is 0 Å². The third-order valence-corrected chi connectivity index (χ3v) is 4.57. The van der Waals surface area contributed by atoms with Crippen LogP contribution >= 0.6 is 11.3 Å². The molecule has 0 bridgehead atoms. The second-order valence-corrected chi connectivity index (χ2v) is 6.52. The molecule has 2 aromatic rings. The molecule has 4 nitrogen and oxygen atoms in total. The molecule has 0 aliphatic rings. The molecule has 0 fully saturated rings. The number of nitrogens with one attached hydrogen (secondary N) is 1. The SMILES string of the molecule is CN(C)C(CNC(=O)[C@@H](N)Cc1ccccc1)c1cccs1. The van der Waals surface area contributed by atoms with E-state index < -0.39 is 6.04 Å². The molecule has 0 saturated carbocycles. The van der Waals surface area contributed by atoms with E-state index in [0.29, 0.717) is 13.0 Å². The zero-order chi connectivity index (χ0) is 15.9. The number of hydrogen-bond donors (Lipinski definition) is 2. The van der Waals surface area contributed by atoms with E-state index in [4.69, 9.17) is 5.73 Å². The van der Waals surface area contributed by atoms with Crippen molar-refractivity contribution in [3.63, 3.8) is 0 Å². The maximum Gasteiger partial charge on any atom is 0.237 e. The van der Waals surface area contributed by atoms with Crippen LogP contribution in [-0.4, -0.2) is 37.5 Å². The molecule has 3 N–H and O–H groups in total. The van der Waals surface area contributed by atoms with Crippen LogP contribution in [0.4, 0.5) is 0 Å². The van der Waals surface area contributed by atoms with E-state index in [1.165, 1.54) is 4.88 Å². The molecule has 2 atom stereocenters. The van der Waals surface area contributed by atoms with E-state index >= 15 is 0 Å². The van der Waals surface area contributed by atoms with Crippen molar-refractivity contribution in [3.8, 4) is 0 Å². The van der Waals surface area contributed by atoms with Gasteiger partial charge in [0.1, 0.15) is 0 Å². The minimum absolute atomic E-state index is 0.104. The summed E-state index contributed by atoms with van der Waals surface area (Å²) in [6.07, 6.45) is 0.554. The monoisotopic (exact) mass is 317 g/mol. The molecule has 1 aromatic heterocycles. The zero-order valence-electron chi connectivity index (χ0n) is 13.0. The Morgan fingerprint density at radius 3 is 2.55 bits per heavy atom. The molecular weight excluding hydrogens is 294 g/mol. The predicted octanol–water partition coefficient (Wildman–Crippen LogP) is 2.04. The summed E-state index contributed by atoms with van der Waals surface area (Å²) in [6.45, 7) is 0.564. The smallest absolute Gasteiger partial charge is 0.237 e. The lowest BCUT2D eigenvalue weighted by atomic mass is 10.1. The lowest BCUT2D eigenvalue weighted by molar-refractivity contribution is -0.122. The first-order chi connectivity index (χ1) is 10.6. The first kappa shape index (κ1) is 16.7. The van der Waals surface area contributed by atoms with Crippen molar-refractivity contribution in [2.45, 2.75) is 18.5 Å². The van der Waals surface area contributed by atoms with E-state index in [0.717, 1.165) is 5.56 Å². The average molecular weight is 317 g/mol. The maximum atomic E-state index is 12.2. The van der Waals surface area contributed by atoms with Crippen LogP contribution in [0, 0.1) is 0 Å². The molecule has 5 heteroatoms. The Balaban J connectivity index is 1.88. The highest BCUT2D eigenvalue weighted by Gasteiger charge is 2.19. The van der Waals surface area contributed by atoms with Crippen LogP contribution in [0.5, 0.6) is 0 Å². The molecular formula is C17H23N3OS. The van der Waals surface area contributed by atoms with Crippen molar-refractivity contribution < 1.29 is 4.79 Å². The zero-order valence-corrected chi connectivity index (χ0v) is 13.8. The Kier molecular flexibility index (Phi) is 6.12. The number of rotatable bonds is 7. The van der Waals surface area contributed by atoms with Crippen molar-refractivity contribution in [2.24, 2.45) is 5.73 Å². The maximum absolute atomic E-state index is 12.2. The number of nitrogens with two attached hydrogens (primary N) is 1. The lowest BCUT2D eigenvalue weighted by Gasteiger charge is -2.24. The highest BCUT2D eigenvalue weighted by atomic mass is 32.1. The second kappa shape index (κ2) is 8.08. The Bertz CT molecular complexity index is 569. The number of likely N-dealkylation sites (N-methyl/N-ethyl adjacent to an activating group) is 1. The third kappa shape index (κ3) is 4.66. The van der Waals surface area contributed by atoms with E-state index in [9.17, 15) is 4.79 Å². The molecule has 0 aliphatic carbocycles. The van der Waals surface area contributed by atoms with Gasteiger partial charge in [-0.3, -0.25) is 4.79 Å². The molecule has 0 radical (unpaired) electrons. The summed E-state index contributed by atoms with van der Waals surface area (Å²) in [6, 6.07) is 13.6. The van der Waals surface area contributed by atoms with Crippen molar-refractivity contribution in [1.82, 2.24) is 10.2 Å². The molecule has 1 amide bonds. The second-order valence-electron chi connectivity index (χ2n) is 5.54.